The van der Waals surface area contributed by atoms with Gasteiger partial charge < -0.3 is 19.9 Å². The summed E-state index contributed by atoms with van der Waals surface area (Å²) in [5.41, 5.74) is -0.599. The van der Waals surface area contributed by atoms with E-state index in [1.54, 1.807) is 0 Å². The number of methoxy groups -OCH3 is 1. The number of nitrogens with zero attached hydrogens (tertiary/aromatic N) is 2. The summed E-state index contributed by atoms with van der Waals surface area (Å²) in [5.74, 6) is 0.611. The molecule has 5 heteroatoms. The van der Waals surface area contributed by atoms with E-state index >= 15 is 0 Å². The molecule has 0 aromatic heterocycles. The van der Waals surface area contributed by atoms with Gasteiger partial charge in [-0.1, -0.05) is 6.92 Å². The molecule has 1 saturated heterocycles. The van der Waals surface area contributed by atoms with Gasteiger partial charge in [0.05, 0.1) is 7.11 Å². The molecule has 1 unspecified atom stereocenters. The van der Waals surface area contributed by atoms with Crippen molar-refractivity contribution in [3.05, 3.63) is 0 Å². The second kappa shape index (κ2) is 7.96. The van der Waals surface area contributed by atoms with Crippen molar-refractivity contribution in [1.29, 1.82) is 0 Å². The number of likely N-dealkylation sites (tertiary alicyclic amines) is 1. The fraction of sp³-hybridized carbons (Fsp3) is 0.933. The topological polar surface area (TPSA) is 44.8 Å². The Morgan fingerprint density at radius 1 is 1.40 bits per heavy atom. The molecule has 1 rings (SSSR count). The summed E-state index contributed by atoms with van der Waals surface area (Å²) in [4.78, 5) is 16.6. The molecule has 0 radical (unpaired) electrons. The second-order valence-electron chi connectivity index (χ2n) is 6.34. The van der Waals surface area contributed by atoms with Crippen LogP contribution in [-0.4, -0.2) is 75.2 Å². The number of carbonyl (C=O) groups excluding carboxylic acids is 1. The molecule has 5 nitrogen and oxygen atoms in total. The smallest absolute Gasteiger partial charge is 0.327 e. The third-order valence-corrected chi connectivity index (χ3v) is 4.07. The van der Waals surface area contributed by atoms with Crippen molar-refractivity contribution in [1.82, 2.24) is 15.1 Å². The van der Waals surface area contributed by atoms with Crippen LogP contribution in [0.3, 0.4) is 0 Å². The van der Waals surface area contributed by atoms with Gasteiger partial charge in [-0.25, -0.2) is 0 Å². The van der Waals surface area contributed by atoms with Crippen LogP contribution in [-0.2, 0) is 9.53 Å². The Morgan fingerprint density at radius 3 is 2.45 bits per heavy atom. The molecule has 1 fully saturated rings. The first kappa shape index (κ1) is 17.4. The van der Waals surface area contributed by atoms with Crippen LogP contribution in [0.1, 0.15) is 26.7 Å². The highest BCUT2D eigenvalue weighted by Gasteiger charge is 2.36. The highest BCUT2D eigenvalue weighted by Crippen LogP contribution is 2.20. The summed E-state index contributed by atoms with van der Waals surface area (Å²) >= 11 is 0. The number of carbonyl (C=O) groups is 1. The van der Waals surface area contributed by atoms with Gasteiger partial charge >= 0.3 is 5.97 Å². The van der Waals surface area contributed by atoms with Crippen LogP contribution in [0.5, 0.6) is 0 Å². The molecule has 20 heavy (non-hydrogen) atoms. The van der Waals surface area contributed by atoms with E-state index in [2.05, 4.69) is 29.2 Å². The number of esters is 1. The van der Waals surface area contributed by atoms with E-state index in [0.29, 0.717) is 0 Å². The molecule has 1 N–H and O–H groups in total. The van der Waals surface area contributed by atoms with Crippen LogP contribution >= 0.6 is 0 Å². The van der Waals surface area contributed by atoms with Gasteiger partial charge in [0.2, 0.25) is 0 Å². The van der Waals surface area contributed by atoms with Crippen LogP contribution in [0.25, 0.3) is 0 Å². The highest BCUT2D eigenvalue weighted by atomic mass is 16.5. The summed E-state index contributed by atoms with van der Waals surface area (Å²) in [5, 5.41) is 3.28. The number of piperidine rings is 1. The molecular weight excluding hydrogens is 254 g/mol. The fourth-order valence-electron chi connectivity index (χ4n) is 3.10. The number of rotatable bonds is 7. The fourth-order valence-corrected chi connectivity index (χ4v) is 3.10. The van der Waals surface area contributed by atoms with E-state index in [0.717, 1.165) is 38.6 Å². The van der Waals surface area contributed by atoms with E-state index in [4.69, 9.17) is 4.74 Å². The molecule has 0 spiro atoms. The number of hydrogen-bond acceptors (Lipinski definition) is 5. The summed E-state index contributed by atoms with van der Waals surface area (Å²) in [7, 11) is 5.72. The SMILES string of the molecule is CCNC(C)(CN1CCC(CN(C)C)CC1)C(=O)OC. The zero-order chi connectivity index (χ0) is 15.2. The van der Waals surface area contributed by atoms with Crippen LogP contribution < -0.4 is 5.32 Å². The Morgan fingerprint density at radius 2 is 2.00 bits per heavy atom. The Hall–Kier alpha value is -0.650. The monoisotopic (exact) mass is 285 g/mol. The Kier molecular flexibility index (Phi) is 6.92. The van der Waals surface area contributed by atoms with Crippen molar-refractivity contribution in [3.63, 3.8) is 0 Å². The molecular formula is C15H31N3O2. The number of ether oxygens (including phenoxy) is 1. The molecule has 1 heterocycles. The van der Waals surface area contributed by atoms with E-state index < -0.39 is 5.54 Å². The molecule has 0 bridgehead atoms. The minimum Gasteiger partial charge on any atom is -0.468 e. The predicted molar refractivity (Wildman–Crippen MR) is 81.8 cm³/mol. The van der Waals surface area contributed by atoms with Crippen LogP contribution in [0.4, 0.5) is 0 Å². The van der Waals surface area contributed by atoms with Crippen LogP contribution in [0.15, 0.2) is 0 Å². The minimum absolute atomic E-state index is 0.172. The zero-order valence-corrected chi connectivity index (χ0v) is 13.7. The van der Waals surface area contributed by atoms with Crippen molar-refractivity contribution in [2.24, 2.45) is 5.92 Å². The largest absolute Gasteiger partial charge is 0.468 e. The average molecular weight is 285 g/mol. The van der Waals surface area contributed by atoms with Crippen LogP contribution in [0.2, 0.25) is 0 Å². The predicted octanol–water partition coefficient (Wildman–Crippen LogP) is 0.801. The first-order valence-electron chi connectivity index (χ1n) is 7.61. The van der Waals surface area contributed by atoms with Gasteiger partial charge in [0.15, 0.2) is 0 Å². The third kappa shape index (κ3) is 5.04. The van der Waals surface area contributed by atoms with E-state index in [1.165, 1.54) is 20.0 Å². The Labute approximate surface area is 123 Å². The van der Waals surface area contributed by atoms with Gasteiger partial charge in [0.25, 0.3) is 0 Å². The molecule has 0 aromatic rings. The van der Waals surface area contributed by atoms with Gasteiger partial charge in [-0.2, -0.15) is 0 Å². The number of hydrogen-bond donors (Lipinski definition) is 1. The van der Waals surface area contributed by atoms with Gasteiger partial charge in [-0.3, -0.25) is 4.79 Å². The summed E-state index contributed by atoms with van der Waals surface area (Å²) < 4.78 is 4.95. The van der Waals surface area contributed by atoms with E-state index in [9.17, 15) is 4.79 Å². The van der Waals surface area contributed by atoms with Crippen molar-refractivity contribution in [3.8, 4) is 0 Å². The molecule has 0 saturated carbocycles. The molecule has 1 aliphatic rings. The molecule has 118 valence electrons. The number of likely N-dealkylation sites (N-methyl/N-ethyl adjacent to an activating group) is 1. The lowest BCUT2D eigenvalue weighted by molar-refractivity contribution is -0.148. The van der Waals surface area contributed by atoms with E-state index in [-0.39, 0.29) is 5.97 Å². The second-order valence-corrected chi connectivity index (χ2v) is 6.34. The Bertz CT molecular complexity index is 301. The minimum atomic E-state index is -0.599. The standard InChI is InChI=1S/C15H31N3O2/c1-6-16-15(2,14(19)20-5)12-18-9-7-13(8-10-18)11-17(3)4/h13,16H,6-12H2,1-5H3. The molecule has 1 atom stereocenters. The summed E-state index contributed by atoms with van der Waals surface area (Å²) in [6.07, 6.45) is 2.42. The number of nitrogens with one attached hydrogen (secondary N) is 1. The lowest BCUT2D eigenvalue weighted by Gasteiger charge is -2.38. The van der Waals surface area contributed by atoms with E-state index in [1.807, 2.05) is 13.8 Å². The lowest BCUT2D eigenvalue weighted by atomic mass is 9.94. The van der Waals surface area contributed by atoms with Gasteiger partial charge in [-0.15, -0.1) is 0 Å². The summed E-state index contributed by atoms with van der Waals surface area (Å²) in [6, 6.07) is 0. The quantitative estimate of drug-likeness (QED) is 0.701. The van der Waals surface area contributed by atoms with Gasteiger partial charge in [-0.05, 0) is 59.4 Å². The first-order chi connectivity index (χ1) is 9.41. The van der Waals surface area contributed by atoms with Crippen molar-refractivity contribution >= 4 is 5.97 Å². The lowest BCUT2D eigenvalue weighted by Crippen LogP contribution is -2.58. The Balaban J connectivity index is 2.49. The molecule has 0 aliphatic carbocycles. The van der Waals surface area contributed by atoms with Crippen LogP contribution in [0, 0.1) is 5.92 Å². The van der Waals surface area contributed by atoms with Crippen molar-refractivity contribution in [2.45, 2.75) is 32.2 Å². The maximum absolute atomic E-state index is 12.0. The van der Waals surface area contributed by atoms with Gasteiger partial charge in [0, 0.05) is 13.1 Å². The maximum atomic E-state index is 12.0. The molecule has 0 amide bonds. The average Bonchev–Trinajstić information content (AvgIpc) is 2.39. The van der Waals surface area contributed by atoms with Crippen molar-refractivity contribution in [2.75, 3.05) is 53.9 Å². The maximum Gasteiger partial charge on any atom is 0.327 e. The normalized spacial score (nSPS) is 20.9. The molecule has 0 aromatic carbocycles. The zero-order valence-electron chi connectivity index (χ0n) is 13.7. The third-order valence-electron chi connectivity index (χ3n) is 4.07. The first-order valence-corrected chi connectivity index (χ1v) is 7.61. The molecule has 1 aliphatic heterocycles. The highest BCUT2D eigenvalue weighted by molar-refractivity contribution is 5.80. The van der Waals surface area contributed by atoms with Gasteiger partial charge in [0.1, 0.15) is 5.54 Å². The van der Waals surface area contributed by atoms with Crippen molar-refractivity contribution < 1.29 is 9.53 Å². The summed E-state index contributed by atoms with van der Waals surface area (Å²) in [6.45, 7) is 8.74.